The average molecular weight is 549 g/mol. The number of halogens is 6. The largest absolute Gasteiger partial charge is 0.433 e. The molecule has 4 rings (SSSR count). The van der Waals surface area contributed by atoms with Crippen LogP contribution in [0.2, 0.25) is 5.02 Å². The van der Waals surface area contributed by atoms with Crippen molar-refractivity contribution < 1.29 is 35.1 Å². The van der Waals surface area contributed by atoms with E-state index in [9.17, 15) is 35.6 Å². The molecule has 1 aromatic carbocycles. The van der Waals surface area contributed by atoms with Crippen molar-refractivity contribution in [3.8, 4) is 23.2 Å². The van der Waals surface area contributed by atoms with Crippen molar-refractivity contribution in [1.29, 1.82) is 5.26 Å². The van der Waals surface area contributed by atoms with Crippen LogP contribution in [0, 0.1) is 11.3 Å². The van der Waals surface area contributed by atoms with Crippen molar-refractivity contribution in [2.45, 2.75) is 56.0 Å². The highest BCUT2D eigenvalue weighted by atomic mass is 35.5. The SMILES string of the molecule is C[C@H](NS(=O)(=O)c1ccc(-c2c(C#N)c3cc(Cl)c(OC(F)F)cc3n2C2CCC2)nc1)C(F)(F)F. The predicted molar refractivity (Wildman–Crippen MR) is 120 cm³/mol. The minimum absolute atomic E-state index is 0.0929. The molecule has 36 heavy (non-hydrogen) atoms. The van der Waals surface area contributed by atoms with Gasteiger partial charge in [0.25, 0.3) is 0 Å². The van der Waals surface area contributed by atoms with Gasteiger partial charge in [0.15, 0.2) is 0 Å². The van der Waals surface area contributed by atoms with Crippen LogP contribution in [0.3, 0.4) is 0 Å². The van der Waals surface area contributed by atoms with Crippen molar-refractivity contribution in [3.63, 3.8) is 0 Å². The number of nitrogens with one attached hydrogen (secondary N) is 1. The van der Waals surface area contributed by atoms with E-state index in [2.05, 4.69) is 15.8 Å². The highest BCUT2D eigenvalue weighted by Gasteiger charge is 2.39. The number of ether oxygens (including phenoxy) is 1. The third kappa shape index (κ3) is 4.85. The summed E-state index contributed by atoms with van der Waals surface area (Å²) in [4.78, 5) is 3.63. The van der Waals surface area contributed by atoms with Crippen molar-refractivity contribution in [2.75, 3.05) is 0 Å². The van der Waals surface area contributed by atoms with Gasteiger partial charge in [0.1, 0.15) is 22.8 Å². The van der Waals surface area contributed by atoms with Crippen LogP contribution < -0.4 is 9.46 Å². The van der Waals surface area contributed by atoms with Crippen LogP contribution in [0.15, 0.2) is 35.4 Å². The van der Waals surface area contributed by atoms with Crippen LogP contribution in [0.5, 0.6) is 5.75 Å². The number of aromatic nitrogens is 2. The zero-order valence-corrected chi connectivity index (χ0v) is 20.1. The molecule has 192 valence electrons. The van der Waals surface area contributed by atoms with E-state index < -0.39 is 33.7 Å². The van der Waals surface area contributed by atoms with Gasteiger partial charge >= 0.3 is 12.8 Å². The molecule has 1 aliphatic carbocycles. The number of fused-ring (bicyclic) bond motifs is 1. The van der Waals surface area contributed by atoms with Gasteiger partial charge in [0.2, 0.25) is 10.0 Å². The summed E-state index contributed by atoms with van der Waals surface area (Å²) < 4.78 is 96.8. The van der Waals surface area contributed by atoms with Crippen LogP contribution in [0.1, 0.15) is 37.8 Å². The van der Waals surface area contributed by atoms with Gasteiger partial charge in [-0.3, -0.25) is 4.98 Å². The fourth-order valence-corrected chi connectivity index (χ4v) is 5.31. The first-order chi connectivity index (χ1) is 16.8. The molecule has 0 amide bonds. The quantitative estimate of drug-likeness (QED) is 0.377. The maximum absolute atomic E-state index is 12.9. The summed E-state index contributed by atoms with van der Waals surface area (Å²) in [5.74, 6) is -0.271. The van der Waals surface area contributed by atoms with Crippen LogP contribution in [-0.4, -0.2) is 36.8 Å². The number of alkyl halides is 5. The molecule has 0 unspecified atom stereocenters. The van der Waals surface area contributed by atoms with E-state index in [1.165, 1.54) is 18.2 Å². The standard InChI is InChI=1S/C22H18ClF5N4O3S/c1-11(22(26,27)28)31-36(33,34)13-5-6-17(30-10-13)20-15(9-29)14-7-16(23)19(35-21(24)25)8-18(14)32(20)12-3-2-4-12/h5-8,10-12,21,31H,2-4H2,1H3/t11-/m0/s1. The summed E-state index contributed by atoms with van der Waals surface area (Å²) >= 11 is 6.11. The highest BCUT2D eigenvalue weighted by molar-refractivity contribution is 7.89. The van der Waals surface area contributed by atoms with Crippen molar-refractivity contribution in [2.24, 2.45) is 0 Å². The molecule has 0 saturated heterocycles. The zero-order valence-electron chi connectivity index (χ0n) is 18.5. The summed E-state index contributed by atoms with van der Waals surface area (Å²) in [5, 5.41) is 10.2. The van der Waals surface area contributed by atoms with Crippen LogP contribution in [-0.2, 0) is 10.0 Å². The summed E-state index contributed by atoms with van der Waals surface area (Å²) in [6.07, 6.45) is -1.52. The van der Waals surface area contributed by atoms with Gasteiger partial charge in [0, 0.05) is 23.7 Å². The van der Waals surface area contributed by atoms with E-state index in [0.717, 1.165) is 31.5 Å². The molecule has 1 fully saturated rings. The van der Waals surface area contributed by atoms with Gasteiger partial charge in [-0.25, -0.2) is 8.42 Å². The number of hydrogen-bond donors (Lipinski definition) is 1. The highest BCUT2D eigenvalue weighted by Crippen LogP contribution is 2.44. The number of rotatable bonds is 7. The molecular formula is C22H18ClF5N4O3S. The lowest BCUT2D eigenvalue weighted by Crippen LogP contribution is -2.42. The monoisotopic (exact) mass is 548 g/mol. The first kappa shape index (κ1) is 26.1. The van der Waals surface area contributed by atoms with Gasteiger partial charge in [-0.1, -0.05) is 11.6 Å². The number of nitrogens with zero attached hydrogens (tertiary/aromatic N) is 3. The van der Waals surface area contributed by atoms with Crippen molar-refractivity contribution in [3.05, 3.63) is 41.0 Å². The molecule has 0 aliphatic heterocycles. The molecule has 2 aromatic heterocycles. The second-order valence-electron chi connectivity index (χ2n) is 8.23. The van der Waals surface area contributed by atoms with E-state index in [-0.39, 0.29) is 28.1 Å². The topological polar surface area (TPSA) is 97.0 Å². The van der Waals surface area contributed by atoms with Gasteiger partial charge in [-0.05, 0) is 44.4 Å². The summed E-state index contributed by atoms with van der Waals surface area (Å²) in [6.45, 7) is -2.45. The van der Waals surface area contributed by atoms with Crippen molar-refractivity contribution >= 4 is 32.5 Å². The second kappa shape index (κ2) is 9.49. The minimum atomic E-state index is -4.78. The molecule has 2 heterocycles. The third-order valence-corrected chi connectivity index (χ3v) is 7.76. The predicted octanol–water partition coefficient (Wildman–Crippen LogP) is 5.78. The van der Waals surface area contributed by atoms with Crippen molar-refractivity contribution in [1.82, 2.24) is 14.3 Å². The first-order valence-corrected chi connectivity index (χ1v) is 12.5. The molecule has 3 aromatic rings. The van der Waals surface area contributed by atoms with Gasteiger partial charge < -0.3 is 9.30 Å². The average Bonchev–Trinajstić information content (AvgIpc) is 3.04. The molecule has 1 saturated carbocycles. The van der Waals surface area contributed by atoms with E-state index >= 15 is 0 Å². The molecular weight excluding hydrogens is 531 g/mol. The second-order valence-corrected chi connectivity index (χ2v) is 10.4. The molecule has 1 atom stereocenters. The maximum atomic E-state index is 12.9. The number of nitriles is 1. The molecule has 0 spiro atoms. The lowest BCUT2D eigenvalue weighted by atomic mass is 9.92. The van der Waals surface area contributed by atoms with E-state index in [0.29, 0.717) is 23.5 Å². The third-order valence-electron chi connectivity index (χ3n) is 5.94. The molecule has 1 aliphatic rings. The molecule has 14 heteroatoms. The Morgan fingerprint density at radius 1 is 1.28 bits per heavy atom. The number of hydrogen-bond acceptors (Lipinski definition) is 5. The normalized spacial score (nSPS) is 15.6. The Balaban J connectivity index is 1.83. The lowest BCUT2D eigenvalue weighted by molar-refractivity contribution is -0.147. The van der Waals surface area contributed by atoms with Crippen LogP contribution in [0.25, 0.3) is 22.3 Å². The van der Waals surface area contributed by atoms with Gasteiger partial charge in [-0.2, -0.15) is 31.9 Å². The number of pyridine rings is 1. The molecule has 0 bridgehead atoms. The number of sulfonamides is 1. The first-order valence-electron chi connectivity index (χ1n) is 10.6. The van der Waals surface area contributed by atoms with E-state index in [1.807, 2.05) is 0 Å². The fraction of sp³-hybridized carbons (Fsp3) is 0.364. The van der Waals surface area contributed by atoms with Gasteiger partial charge in [-0.15, -0.1) is 0 Å². The van der Waals surface area contributed by atoms with Crippen LogP contribution >= 0.6 is 11.6 Å². The summed E-state index contributed by atoms with van der Waals surface area (Å²) in [5.41, 5.74) is 1.02. The van der Waals surface area contributed by atoms with Gasteiger partial charge in [0.05, 0.1) is 27.5 Å². The summed E-state index contributed by atoms with van der Waals surface area (Å²) in [7, 11) is -4.53. The Morgan fingerprint density at radius 2 is 1.97 bits per heavy atom. The Morgan fingerprint density at radius 3 is 2.47 bits per heavy atom. The molecule has 7 nitrogen and oxygen atoms in total. The summed E-state index contributed by atoms with van der Waals surface area (Å²) in [6, 6.07) is 4.67. The Kier molecular flexibility index (Phi) is 6.89. The smallest absolute Gasteiger partial charge is 0.404 e. The Bertz CT molecular complexity index is 1450. The number of benzene rings is 1. The minimum Gasteiger partial charge on any atom is -0.433 e. The Hall–Kier alpha value is -2.95. The maximum Gasteiger partial charge on any atom is 0.404 e. The molecule has 1 N–H and O–H groups in total. The van der Waals surface area contributed by atoms with E-state index in [1.54, 1.807) is 9.29 Å². The fourth-order valence-electron chi connectivity index (χ4n) is 3.93. The lowest BCUT2D eigenvalue weighted by Gasteiger charge is -2.30. The Labute approximate surface area is 207 Å². The van der Waals surface area contributed by atoms with E-state index in [4.69, 9.17) is 11.6 Å². The van der Waals surface area contributed by atoms with Crippen LogP contribution in [0.4, 0.5) is 22.0 Å². The molecule has 0 radical (unpaired) electrons. The zero-order chi connectivity index (χ0) is 26.4.